The summed E-state index contributed by atoms with van der Waals surface area (Å²) in [5, 5.41) is 0.235. The smallest absolute Gasteiger partial charge is 0.142 e. The van der Waals surface area contributed by atoms with Gasteiger partial charge < -0.3 is 5.73 Å². The van der Waals surface area contributed by atoms with Gasteiger partial charge in [-0.25, -0.2) is 4.39 Å². The molecule has 2 unspecified atom stereocenters. The normalized spacial score (nSPS) is 26.1. The minimum Gasteiger partial charge on any atom is -0.327 e. The van der Waals surface area contributed by atoms with Crippen molar-refractivity contribution in [3.63, 3.8) is 0 Å². The van der Waals surface area contributed by atoms with Gasteiger partial charge in [-0.2, -0.15) is 0 Å². The summed E-state index contributed by atoms with van der Waals surface area (Å²) in [6, 6.07) is 5.17. The molecule has 1 aliphatic heterocycles. The number of benzene rings is 1. The van der Waals surface area contributed by atoms with E-state index in [9.17, 15) is 4.39 Å². The molecule has 2 atom stereocenters. The molecule has 1 aliphatic rings. The molecule has 94 valence electrons. The lowest BCUT2D eigenvalue weighted by molar-refractivity contribution is 0.158. The van der Waals surface area contributed by atoms with E-state index in [4.69, 9.17) is 17.3 Å². The largest absolute Gasteiger partial charge is 0.327 e. The molecular weight excluding hydrogens is 239 g/mol. The van der Waals surface area contributed by atoms with E-state index >= 15 is 0 Å². The van der Waals surface area contributed by atoms with E-state index in [0.717, 1.165) is 25.1 Å². The second kappa shape index (κ2) is 5.34. The van der Waals surface area contributed by atoms with E-state index in [1.54, 1.807) is 6.07 Å². The Labute approximate surface area is 107 Å². The van der Waals surface area contributed by atoms with Crippen molar-refractivity contribution < 1.29 is 4.39 Å². The Balaban J connectivity index is 2.07. The van der Waals surface area contributed by atoms with Gasteiger partial charge in [-0.15, -0.1) is 0 Å². The minimum absolute atomic E-state index is 0.214. The van der Waals surface area contributed by atoms with Crippen LogP contribution in [0.15, 0.2) is 18.2 Å². The second-order valence-corrected chi connectivity index (χ2v) is 5.39. The van der Waals surface area contributed by atoms with Crippen LogP contribution in [0.1, 0.15) is 18.9 Å². The third kappa shape index (κ3) is 3.18. The monoisotopic (exact) mass is 256 g/mol. The summed E-state index contributed by atoms with van der Waals surface area (Å²) in [7, 11) is 0. The number of likely N-dealkylation sites (tertiary alicyclic amines) is 1. The Morgan fingerprint density at radius 1 is 1.47 bits per heavy atom. The summed E-state index contributed by atoms with van der Waals surface area (Å²) in [5.41, 5.74) is 6.83. The van der Waals surface area contributed by atoms with Gasteiger partial charge in [0.25, 0.3) is 0 Å². The summed E-state index contributed by atoms with van der Waals surface area (Å²) in [4.78, 5) is 2.25. The molecule has 0 spiro atoms. The predicted octanol–water partition coefficient (Wildman–Crippen LogP) is 2.65. The van der Waals surface area contributed by atoms with Crippen molar-refractivity contribution in [1.29, 1.82) is 0 Å². The Bertz CT molecular complexity index is 387. The van der Waals surface area contributed by atoms with Crippen molar-refractivity contribution in [3.05, 3.63) is 34.6 Å². The third-order valence-electron chi connectivity index (χ3n) is 3.19. The summed E-state index contributed by atoms with van der Waals surface area (Å²) in [6.07, 6.45) is 1.06. The number of nitrogens with zero attached hydrogens (tertiary/aromatic N) is 1. The summed E-state index contributed by atoms with van der Waals surface area (Å²) in [5.74, 6) is 0.240. The van der Waals surface area contributed by atoms with Crippen molar-refractivity contribution in [1.82, 2.24) is 4.90 Å². The van der Waals surface area contributed by atoms with Crippen LogP contribution in [0.3, 0.4) is 0 Å². The molecule has 4 heteroatoms. The maximum atomic E-state index is 13.3. The maximum absolute atomic E-state index is 13.3. The van der Waals surface area contributed by atoms with Gasteiger partial charge in [0.2, 0.25) is 0 Å². The molecule has 0 amide bonds. The molecule has 0 aliphatic carbocycles. The molecule has 1 aromatic carbocycles. The number of hydrogen-bond donors (Lipinski definition) is 1. The molecule has 2 rings (SSSR count). The molecular formula is C13H18ClFN2. The highest BCUT2D eigenvalue weighted by atomic mass is 35.5. The highest BCUT2D eigenvalue weighted by molar-refractivity contribution is 6.31. The highest BCUT2D eigenvalue weighted by Gasteiger charge is 2.22. The SMILES string of the molecule is CC1CC(N)CN(Cc2cccc(F)c2Cl)C1. The zero-order valence-electron chi connectivity index (χ0n) is 10.00. The molecule has 1 aromatic rings. The second-order valence-electron chi connectivity index (χ2n) is 5.01. The molecule has 0 saturated carbocycles. The zero-order valence-corrected chi connectivity index (χ0v) is 10.8. The molecule has 1 heterocycles. The van der Waals surface area contributed by atoms with E-state index in [0.29, 0.717) is 12.5 Å². The number of piperidine rings is 1. The number of nitrogens with two attached hydrogens (primary N) is 1. The first-order valence-electron chi connectivity index (χ1n) is 5.97. The zero-order chi connectivity index (χ0) is 12.4. The molecule has 0 radical (unpaired) electrons. The lowest BCUT2D eigenvalue weighted by atomic mass is 9.96. The van der Waals surface area contributed by atoms with Crippen LogP contribution in [0.5, 0.6) is 0 Å². The van der Waals surface area contributed by atoms with Crippen molar-refractivity contribution >= 4 is 11.6 Å². The Hall–Kier alpha value is -0.640. The van der Waals surface area contributed by atoms with Gasteiger partial charge in [0.15, 0.2) is 0 Å². The first-order chi connectivity index (χ1) is 8.06. The minimum atomic E-state index is -0.349. The van der Waals surface area contributed by atoms with Crippen molar-refractivity contribution in [2.45, 2.75) is 25.9 Å². The van der Waals surface area contributed by atoms with Gasteiger partial charge in [-0.05, 0) is 24.0 Å². The van der Waals surface area contributed by atoms with Crippen molar-refractivity contribution in [2.75, 3.05) is 13.1 Å². The first kappa shape index (κ1) is 12.8. The van der Waals surface area contributed by atoms with Gasteiger partial charge in [0, 0.05) is 25.7 Å². The van der Waals surface area contributed by atoms with Crippen LogP contribution in [0.25, 0.3) is 0 Å². The summed E-state index contributed by atoms with van der Waals surface area (Å²) < 4.78 is 13.3. The Morgan fingerprint density at radius 2 is 2.24 bits per heavy atom. The number of rotatable bonds is 2. The first-order valence-corrected chi connectivity index (χ1v) is 6.35. The van der Waals surface area contributed by atoms with Crippen molar-refractivity contribution in [3.8, 4) is 0 Å². The van der Waals surface area contributed by atoms with Gasteiger partial charge in [-0.1, -0.05) is 30.7 Å². The molecule has 2 N–H and O–H groups in total. The number of halogens is 2. The van der Waals surface area contributed by atoms with Gasteiger partial charge in [-0.3, -0.25) is 4.90 Å². The number of hydrogen-bond acceptors (Lipinski definition) is 2. The fraction of sp³-hybridized carbons (Fsp3) is 0.538. The molecule has 17 heavy (non-hydrogen) atoms. The summed E-state index contributed by atoms with van der Waals surface area (Å²) >= 11 is 5.95. The van der Waals surface area contributed by atoms with E-state index in [2.05, 4.69) is 11.8 Å². The van der Waals surface area contributed by atoms with Crippen LogP contribution in [0, 0.1) is 11.7 Å². The lowest BCUT2D eigenvalue weighted by Crippen LogP contribution is -2.45. The molecule has 2 nitrogen and oxygen atoms in total. The van der Waals surface area contributed by atoms with E-state index in [1.165, 1.54) is 6.07 Å². The fourth-order valence-electron chi connectivity index (χ4n) is 2.55. The highest BCUT2D eigenvalue weighted by Crippen LogP contribution is 2.23. The van der Waals surface area contributed by atoms with Crippen LogP contribution in [-0.2, 0) is 6.54 Å². The topological polar surface area (TPSA) is 29.3 Å². The predicted molar refractivity (Wildman–Crippen MR) is 68.4 cm³/mol. The van der Waals surface area contributed by atoms with Crippen LogP contribution >= 0.6 is 11.6 Å². The lowest BCUT2D eigenvalue weighted by Gasteiger charge is -2.34. The van der Waals surface area contributed by atoms with Crippen LogP contribution in [-0.4, -0.2) is 24.0 Å². The van der Waals surface area contributed by atoms with Gasteiger partial charge in [0.05, 0.1) is 5.02 Å². The molecule has 1 saturated heterocycles. The maximum Gasteiger partial charge on any atom is 0.142 e. The quantitative estimate of drug-likeness (QED) is 0.882. The van der Waals surface area contributed by atoms with Crippen molar-refractivity contribution in [2.24, 2.45) is 11.7 Å². The Kier molecular flexibility index (Phi) is 4.02. The Morgan fingerprint density at radius 3 is 2.94 bits per heavy atom. The third-order valence-corrected chi connectivity index (χ3v) is 3.62. The summed E-state index contributed by atoms with van der Waals surface area (Å²) in [6.45, 7) is 4.73. The van der Waals surface area contributed by atoms with Gasteiger partial charge in [0.1, 0.15) is 5.82 Å². The van der Waals surface area contributed by atoms with E-state index < -0.39 is 0 Å². The standard InChI is InChI=1S/C13H18ClFN2/c1-9-5-11(16)8-17(6-9)7-10-3-2-4-12(15)13(10)14/h2-4,9,11H,5-8,16H2,1H3. The average Bonchev–Trinajstić information content (AvgIpc) is 2.23. The van der Waals surface area contributed by atoms with E-state index in [-0.39, 0.29) is 16.9 Å². The van der Waals surface area contributed by atoms with Gasteiger partial charge >= 0.3 is 0 Å². The molecule has 0 aromatic heterocycles. The van der Waals surface area contributed by atoms with Crippen LogP contribution < -0.4 is 5.73 Å². The fourth-order valence-corrected chi connectivity index (χ4v) is 2.74. The average molecular weight is 257 g/mol. The van der Waals surface area contributed by atoms with Crippen LogP contribution in [0.2, 0.25) is 5.02 Å². The molecule has 1 fully saturated rings. The van der Waals surface area contributed by atoms with Crippen LogP contribution in [0.4, 0.5) is 4.39 Å². The molecule has 0 bridgehead atoms. The van der Waals surface area contributed by atoms with E-state index in [1.807, 2.05) is 6.07 Å².